The summed E-state index contributed by atoms with van der Waals surface area (Å²) in [6.07, 6.45) is 0. The van der Waals surface area contributed by atoms with E-state index in [-0.39, 0.29) is 16.4 Å². The van der Waals surface area contributed by atoms with Gasteiger partial charge in [-0.05, 0) is 19.1 Å². The summed E-state index contributed by atoms with van der Waals surface area (Å²) in [5, 5.41) is 3.04. The molecule has 0 aromatic heterocycles. The van der Waals surface area contributed by atoms with Crippen molar-refractivity contribution in [2.75, 3.05) is 20.0 Å². The Kier molecular flexibility index (Phi) is 6.07. The molecule has 25 heavy (non-hydrogen) atoms. The number of ether oxygens (including phenoxy) is 2. The molecule has 2 rings (SSSR count). The molecule has 1 heterocycles. The number of esters is 2. The molecule has 0 amide bonds. The number of sulfonamides is 1. The van der Waals surface area contributed by atoms with Crippen molar-refractivity contribution in [2.24, 2.45) is 11.0 Å². The second-order valence-corrected chi connectivity index (χ2v) is 8.06. The number of methoxy groups -OCH3 is 2. The Balaban J connectivity index is 2.25. The minimum atomic E-state index is -3.88. The van der Waals surface area contributed by atoms with Gasteiger partial charge in [0, 0.05) is 5.75 Å². The molecule has 2 unspecified atom stereocenters. The predicted molar refractivity (Wildman–Crippen MR) is 92.7 cm³/mol. The van der Waals surface area contributed by atoms with Gasteiger partial charge in [-0.3, -0.25) is 9.59 Å². The van der Waals surface area contributed by atoms with Crippen LogP contribution in [0.25, 0.3) is 0 Å². The molecule has 1 saturated heterocycles. The molecule has 0 bridgehead atoms. The van der Waals surface area contributed by atoms with Gasteiger partial charge in [-0.15, -0.1) is 11.8 Å². The Morgan fingerprint density at radius 3 is 2.32 bits per heavy atom. The number of rotatable bonds is 5. The maximum Gasteiger partial charge on any atom is 0.320 e. The fourth-order valence-corrected chi connectivity index (χ4v) is 4.36. The van der Waals surface area contributed by atoms with E-state index in [0.29, 0.717) is 0 Å². The molecule has 8 nitrogen and oxygen atoms in total. The maximum atomic E-state index is 12.3. The quantitative estimate of drug-likeness (QED) is 0.586. The zero-order valence-electron chi connectivity index (χ0n) is 13.9. The van der Waals surface area contributed by atoms with Gasteiger partial charge in [0.1, 0.15) is 11.2 Å². The summed E-state index contributed by atoms with van der Waals surface area (Å²) in [4.78, 5) is 25.9. The van der Waals surface area contributed by atoms with E-state index in [0.717, 1.165) is 17.3 Å². The highest BCUT2D eigenvalue weighted by molar-refractivity contribution is 8.01. The molecule has 1 aliphatic heterocycles. The average molecular weight is 386 g/mol. The topological polar surface area (TPSA) is 111 Å². The number of benzene rings is 1. The van der Waals surface area contributed by atoms with E-state index < -0.39 is 33.1 Å². The van der Waals surface area contributed by atoms with E-state index in [1.54, 1.807) is 12.1 Å². The third-order valence-corrected chi connectivity index (χ3v) is 6.11. The van der Waals surface area contributed by atoms with Crippen molar-refractivity contribution in [1.29, 1.82) is 0 Å². The fraction of sp³-hybridized carbons (Fsp3) is 0.400. The Hall–Kier alpha value is -2.07. The van der Waals surface area contributed by atoms with Crippen molar-refractivity contribution in [2.45, 2.75) is 17.1 Å². The second-order valence-electron chi connectivity index (χ2n) is 5.27. The molecule has 136 valence electrons. The van der Waals surface area contributed by atoms with Gasteiger partial charge in [-0.2, -0.15) is 13.5 Å². The van der Waals surface area contributed by atoms with Gasteiger partial charge in [-0.1, -0.05) is 17.7 Å². The fourth-order valence-electron chi connectivity index (χ4n) is 2.23. The van der Waals surface area contributed by atoms with Crippen LogP contribution >= 0.6 is 11.8 Å². The van der Waals surface area contributed by atoms with E-state index in [1.165, 1.54) is 26.4 Å². The molecule has 1 aromatic carbocycles. The molecule has 1 aromatic rings. The summed E-state index contributed by atoms with van der Waals surface area (Å²) in [7, 11) is -1.48. The van der Waals surface area contributed by atoms with Crippen molar-refractivity contribution < 1.29 is 27.5 Å². The standard InChI is InChI=1S/C15H18N2O6S2/c1-9-4-6-10(7-5-9)25(20,21)17-16-11-8-24-13(15(19)23-3)12(11)14(18)22-2/h4-7,12-13,17H,8H2,1-3H3. The highest BCUT2D eigenvalue weighted by atomic mass is 32.2. The first-order chi connectivity index (χ1) is 11.8. The number of nitrogens with zero attached hydrogens (tertiary/aromatic N) is 1. The van der Waals surface area contributed by atoms with Gasteiger partial charge >= 0.3 is 11.9 Å². The number of nitrogens with one attached hydrogen (secondary N) is 1. The van der Waals surface area contributed by atoms with Gasteiger partial charge in [-0.25, -0.2) is 4.83 Å². The summed E-state index contributed by atoms with van der Waals surface area (Å²) in [6.45, 7) is 1.84. The molecule has 0 saturated carbocycles. The van der Waals surface area contributed by atoms with E-state index in [2.05, 4.69) is 14.7 Å². The largest absolute Gasteiger partial charge is 0.468 e. The number of carbonyl (C=O) groups is 2. The zero-order chi connectivity index (χ0) is 18.6. The molecule has 1 N–H and O–H groups in total. The third kappa shape index (κ3) is 4.31. The lowest BCUT2D eigenvalue weighted by Gasteiger charge is -2.14. The normalized spacial score (nSPS) is 21.8. The highest BCUT2D eigenvalue weighted by Gasteiger charge is 2.45. The van der Waals surface area contributed by atoms with Crippen molar-refractivity contribution in [1.82, 2.24) is 4.83 Å². The number of thioether (sulfide) groups is 1. The lowest BCUT2D eigenvalue weighted by atomic mass is 10.0. The predicted octanol–water partition coefficient (Wildman–Crippen LogP) is 0.707. The van der Waals surface area contributed by atoms with Crippen molar-refractivity contribution in [3.8, 4) is 0 Å². The Morgan fingerprint density at radius 1 is 1.16 bits per heavy atom. The lowest BCUT2D eigenvalue weighted by molar-refractivity contribution is -0.148. The van der Waals surface area contributed by atoms with Crippen LogP contribution in [0.2, 0.25) is 0 Å². The van der Waals surface area contributed by atoms with E-state index in [4.69, 9.17) is 4.74 Å². The molecule has 0 spiro atoms. The first kappa shape index (κ1) is 19.3. The molecular weight excluding hydrogens is 368 g/mol. The van der Waals surface area contributed by atoms with Crippen LogP contribution < -0.4 is 4.83 Å². The number of hydrogen-bond acceptors (Lipinski definition) is 8. The molecule has 10 heteroatoms. The van der Waals surface area contributed by atoms with Gasteiger partial charge in [0.25, 0.3) is 10.0 Å². The number of hydrazone groups is 1. The second kappa shape index (κ2) is 7.87. The van der Waals surface area contributed by atoms with Gasteiger partial charge in [0.15, 0.2) is 0 Å². The summed E-state index contributed by atoms with van der Waals surface area (Å²) in [5.41, 5.74) is 1.13. The minimum Gasteiger partial charge on any atom is -0.468 e. The molecule has 2 atom stereocenters. The van der Waals surface area contributed by atoms with Crippen LogP contribution in [0.5, 0.6) is 0 Å². The summed E-state index contributed by atoms with van der Waals surface area (Å²) >= 11 is 1.14. The number of hydrogen-bond donors (Lipinski definition) is 1. The van der Waals surface area contributed by atoms with Crippen LogP contribution in [-0.2, 0) is 29.1 Å². The highest BCUT2D eigenvalue weighted by Crippen LogP contribution is 2.32. The molecular formula is C15H18N2O6S2. The summed E-state index contributed by atoms with van der Waals surface area (Å²) < 4.78 is 33.9. The molecule has 0 aliphatic carbocycles. The first-order valence-electron chi connectivity index (χ1n) is 7.22. The van der Waals surface area contributed by atoms with Crippen LogP contribution in [0.4, 0.5) is 0 Å². The molecule has 1 fully saturated rings. The lowest BCUT2D eigenvalue weighted by Crippen LogP contribution is -2.36. The van der Waals surface area contributed by atoms with Gasteiger partial charge in [0.05, 0.1) is 24.8 Å². The van der Waals surface area contributed by atoms with Crippen molar-refractivity contribution >= 4 is 39.4 Å². The van der Waals surface area contributed by atoms with Crippen LogP contribution in [-0.4, -0.2) is 51.3 Å². The monoisotopic (exact) mass is 386 g/mol. The van der Waals surface area contributed by atoms with Crippen LogP contribution in [0.3, 0.4) is 0 Å². The van der Waals surface area contributed by atoms with Gasteiger partial charge < -0.3 is 9.47 Å². The molecule has 1 aliphatic rings. The third-order valence-electron chi connectivity index (χ3n) is 3.60. The van der Waals surface area contributed by atoms with Crippen LogP contribution in [0.15, 0.2) is 34.3 Å². The minimum absolute atomic E-state index is 0.0484. The number of carbonyl (C=O) groups excluding carboxylic acids is 2. The van der Waals surface area contributed by atoms with Crippen molar-refractivity contribution in [3.05, 3.63) is 29.8 Å². The van der Waals surface area contributed by atoms with E-state index >= 15 is 0 Å². The van der Waals surface area contributed by atoms with Gasteiger partial charge in [0.2, 0.25) is 0 Å². The first-order valence-corrected chi connectivity index (χ1v) is 9.75. The maximum absolute atomic E-state index is 12.3. The summed E-state index contributed by atoms with van der Waals surface area (Å²) in [5.74, 6) is -2.06. The zero-order valence-corrected chi connectivity index (χ0v) is 15.5. The average Bonchev–Trinajstić information content (AvgIpc) is 3.03. The Labute approximate surface area is 150 Å². The van der Waals surface area contributed by atoms with E-state index in [1.807, 2.05) is 6.92 Å². The Morgan fingerprint density at radius 2 is 1.76 bits per heavy atom. The summed E-state index contributed by atoms with van der Waals surface area (Å²) in [6, 6.07) is 6.24. The van der Waals surface area contributed by atoms with Crippen LogP contribution in [0, 0.1) is 12.8 Å². The molecule has 0 radical (unpaired) electrons. The Bertz CT molecular complexity index is 789. The van der Waals surface area contributed by atoms with Crippen molar-refractivity contribution in [3.63, 3.8) is 0 Å². The van der Waals surface area contributed by atoms with Crippen LogP contribution in [0.1, 0.15) is 5.56 Å². The number of aryl methyl sites for hydroxylation is 1. The SMILES string of the molecule is COC(=O)C1SCC(=NNS(=O)(=O)c2ccc(C)cc2)C1C(=O)OC. The smallest absolute Gasteiger partial charge is 0.320 e. The van der Waals surface area contributed by atoms with E-state index in [9.17, 15) is 18.0 Å².